The Bertz CT molecular complexity index is 1160. The van der Waals surface area contributed by atoms with Gasteiger partial charge >= 0.3 is 13.2 Å². The van der Waals surface area contributed by atoms with E-state index >= 15 is 0 Å². The number of ether oxygens (including phenoxy) is 2. The standard InChI is InChI=1S/C22H35BN2O5/c1-20(2,3)28-19(26)25-13-11-24(12-14-25)16-9-10-17(18(15-16)27-8)23-29-21(4,5)22(6,7)30-23/h9-10,15H,11-14H2,1-8H3/i8D3,11D2,12D2,13D2,14D2. The van der Waals surface area contributed by atoms with Crippen molar-refractivity contribution in [1.29, 1.82) is 0 Å². The van der Waals surface area contributed by atoms with Crippen molar-refractivity contribution in [3.63, 3.8) is 0 Å². The van der Waals surface area contributed by atoms with Gasteiger partial charge in [0.05, 0.1) is 33.3 Å². The van der Waals surface area contributed by atoms with Crippen LogP contribution < -0.4 is 15.1 Å². The van der Waals surface area contributed by atoms with Gasteiger partial charge in [0.15, 0.2) is 0 Å². The molecule has 2 aliphatic heterocycles. The fraction of sp³-hybridized carbons (Fsp3) is 0.682. The molecule has 166 valence electrons. The van der Waals surface area contributed by atoms with Crippen LogP contribution in [0.3, 0.4) is 0 Å². The Morgan fingerprint density at radius 3 is 2.27 bits per heavy atom. The van der Waals surface area contributed by atoms with Crippen LogP contribution in [-0.2, 0) is 14.0 Å². The van der Waals surface area contributed by atoms with Crippen molar-refractivity contribution in [2.24, 2.45) is 0 Å². The Morgan fingerprint density at radius 1 is 1.13 bits per heavy atom. The van der Waals surface area contributed by atoms with Gasteiger partial charge < -0.3 is 28.6 Å². The number of carbonyl (C=O) groups excluding carboxylic acids is 1. The number of piperazine rings is 1. The Hall–Kier alpha value is -1.93. The Balaban J connectivity index is 2.20. The van der Waals surface area contributed by atoms with E-state index in [0.29, 0.717) is 0 Å². The number of rotatable bonds is 3. The van der Waals surface area contributed by atoms with Crippen molar-refractivity contribution >= 4 is 24.4 Å². The van der Waals surface area contributed by atoms with Gasteiger partial charge in [-0.3, -0.25) is 0 Å². The summed E-state index contributed by atoms with van der Waals surface area (Å²) in [5.41, 5.74) is -3.29. The average molecular weight is 429 g/mol. The molecular formula is C22H35BN2O5. The van der Waals surface area contributed by atoms with E-state index < -0.39 is 74.5 Å². The molecule has 1 amide bonds. The normalized spacial score (nSPS) is 33.6. The molecular weight excluding hydrogens is 383 g/mol. The minimum Gasteiger partial charge on any atom is -0.497 e. The van der Waals surface area contributed by atoms with Crippen molar-refractivity contribution in [3.05, 3.63) is 18.2 Å². The Labute approximate surface area is 196 Å². The van der Waals surface area contributed by atoms with Gasteiger partial charge in [-0.05, 0) is 54.5 Å². The summed E-state index contributed by atoms with van der Waals surface area (Å²) in [6, 6.07) is 3.32. The maximum Gasteiger partial charge on any atom is 0.498 e. The first-order chi connectivity index (χ1) is 18.0. The topological polar surface area (TPSA) is 60.5 Å². The molecule has 2 heterocycles. The molecule has 8 heteroatoms. The van der Waals surface area contributed by atoms with Crippen LogP contribution in [0.15, 0.2) is 18.2 Å². The molecule has 1 aromatic rings. The second-order valence-electron chi connectivity index (χ2n) is 9.01. The van der Waals surface area contributed by atoms with Crippen LogP contribution in [0.25, 0.3) is 0 Å². The van der Waals surface area contributed by atoms with Crippen molar-refractivity contribution in [3.8, 4) is 5.75 Å². The highest BCUT2D eigenvalue weighted by molar-refractivity contribution is 6.63. The number of amides is 1. The maximum atomic E-state index is 12.9. The summed E-state index contributed by atoms with van der Waals surface area (Å²) in [7, 11) is -4.16. The van der Waals surface area contributed by atoms with E-state index in [1.165, 1.54) is 26.8 Å². The Kier molecular flexibility index (Phi) is 3.24. The van der Waals surface area contributed by atoms with Gasteiger partial charge in [-0.25, -0.2) is 4.79 Å². The average Bonchev–Trinajstić information content (AvgIpc) is 2.90. The van der Waals surface area contributed by atoms with Gasteiger partial charge in [0.25, 0.3) is 0 Å². The first kappa shape index (κ1) is 12.2. The van der Waals surface area contributed by atoms with Crippen LogP contribution in [0.4, 0.5) is 10.5 Å². The molecule has 0 unspecified atom stereocenters. The zero-order valence-electron chi connectivity index (χ0n) is 29.2. The molecule has 2 aliphatic rings. The van der Waals surface area contributed by atoms with Crippen LogP contribution in [0.1, 0.15) is 63.5 Å². The highest BCUT2D eigenvalue weighted by atomic mass is 16.7. The molecule has 1 aromatic carbocycles. The fourth-order valence-corrected chi connectivity index (χ4v) is 2.70. The molecule has 0 spiro atoms. The molecule has 3 rings (SSSR count). The summed E-state index contributed by atoms with van der Waals surface area (Å²) in [6.07, 6.45) is -1.61. The Morgan fingerprint density at radius 2 is 1.73 bits per heavy atom. The smallest absolute Gasteiger partial charge is 0.497 e. The predicted molar refractivity (Wildman–Crippen MR) is 119 cm³/mol. The lowest BCUT2D eigenvalue weighted by Crippen LogP contribution is -2.50. The molecule has 0 atom stereocenters. The minimum absolute atomic E-state index is 0.0723. The van der Waals surface area contributed by atoms with Crippen LogP contribution >= 0.6 is 0 Å². The molecule has 7 nitrogen and oxygen atoms in total. The van der Waals surface area contributed by atoms with Crippen molar-refractivity contribution in [1.82, 2.24) is 4.90 Å². The van der Waals surface area contributed by atoms with Crippen molar-refractivity contribution < 1.29 is 38.7 Å². The van der Waals surface area contributed by atoms with Gasteiger partial charge in [0.2, 0.25) is 0 Å². The number of carbonyl (C=O) groups is 1. The number of methoxy groups -OCH3 is 1. The molecule has 2 fully saturated rings. The molecule has 2 saturated heterocycles. The highest BCUT2D eigenvalue weighted by Gasteiger charge is 2.52. The number of anilines is 1. The second-order valence-corrected chi connectivity index (χ2v) is 9.01. The van der Waals surface area contributed by atoms with E-state index in [1.54, 1.807) is 27.7 Å². The zero-order chi connectivity index (χ0) is 32.0. The van der Waals surface area contributed by atoms with Gasteiger partial charge in [-0.1, -0.05) is 6.07 Å². The summed E-state index contributed by atoms with van der Waals surface area (Å²) < 4.78 is 114. The summed E-state index contributed by atoms with van der Waals surface area (Å²) in [5.74, 6) is -0.414. The van der Waals surface area contributed by atoms with E-state index in [1.807, 2.05) is 0 Å². The number of hydrogen-bond donors (Lipinski definition) is 0. The molecule has 0 saturated carbocycles. The van der Waals surface area contributed by atoms with Gasteiger partial charge in [-0.2, -0.15) is 0 Å². The highest BCUT2D eigenvalue weighted by Crippen LogP contribution is 2.37. The zero-order valence-corrected chi connectivity index (χ0v) is 18.2. The van der Waals surface area contributed by atoms with E-state index in [0.717, 1.165) is 12.1 Å². The number of nitrogens with zero attached hydrogens (tertiary/aromatic N) is 2. The van der Waals surface area contributed by atoms with Crippen LogP contribution in [0.2, 0.25) is 0 Å². The monoisotopic (exact) mass is 429 g/mol. The maximum absolute atomic E-state index is 12.9. The summed E-state index contributed by atoms with van der Waals surface area (Å²) in [5, 5.41) is 0. The number of hydrogen-bond acceptors (Lipinski definition) is 6. The third-order valence-electron chi connectivity index (χ3n) is 5.00. The van der Waals surface area contributed by atoms with Crippen LogP contribution in [0.5, 0.6) is 5.75 Å². The van der Waals surface area contributed by atoms with Crippen molar-refractivity contribution in [2.45, 2.75) is 65.3 Å². The third-order valence-corrected chi connectivity index (χ3v) is 5.00. The molecule has 0 N–H and O–H groups in total. The summed E-state index contributed by atoms with van der Waals surface area (Å²) in [4.78, 5) is 12.9. The number of benzene rings is 1. The van der Waals surface area contributed by atoms with E-state index in [2.05, 4.69) is 0 Å². The fourth-order valence-electron chi connectivity index (χ4n) is 2.70. The molecule has 0 aromatic heterocycles. The summed E-state index contributed by atoms with van der Waals surface area (Å²) >= 11 is 0. The second kappa shape index (κ2) is 7.96. The molecule has 30 heavy (non-hydrogen) atoms. The van der Waals surface area contributed by atoms with Crippen LogP contribution in [-0.4, -0.2) is 67.9 Å². The van der Waals surface area contributed by atoms with E-state index in [4.69, 9.17) is 33.9 Å². The molecule has 0 aliphatic carbocycles. The van der Waals surface area contributed by atoms with Gasteiger partial charge in [0, 0.05) is 43.2 Å². The minimum atomic E-state index is -3.50. The lowest BCUT2D eigenvalue weighted by molar-refractivity contribution is 0.00578. The van der Waals surface area contributed by atoms with Crippen LogP contribution in [0, 0.1) is 0 Å². The third kappa shape index (κ3) is 4.70. The van der Waals surface area contributed by atoms with E-state index in [9.17, 15) is 4.79 Å². The van der Waals surface area contributed by atoms with Gasteiger partial charge in [-0.15, -0.1) is 0 Å². The largest absolute Gasteiger partial charge is 0.498 e. The SMILES string of the molecule is [2H]C([2H])([2H])Oc1cc(N2C([2H])([2H])C([2H])([2H])N(C(=O)OC(C)(C)C)C([2H])([2H])C2([2H])[2H])ccc1B1OC(C)(C)C(C)(C)O1. The quantitative estimate of drug-likeness (QED) is 0.689. The summed E-state index contributed by atoms with van der Waals surface area (Å²) in [6.45, 7) is -2.49. The predicted octanol–water partition coefficient (Wildman–Crippen LogP) is 3.05. The lowest BCUT2D eigenvalue weighted by atomic mass is 9.78. The molecule has 0 radical (unpaired) electrons. The van der Waals surface area contributed by atoms with E-state index in [-0.39, 0.29) is 15.3 Å². The first-order valence-electron chi connectivity index (χ1n) is 15.0. The lowest BCUT2D eigenvalue weighted by Gasteiger charge is -2.37. The first-order valence-corrected chi connectivity index (χ1v) is 9.52. The molecule has 0 bridgehead atoms. The van der Waals surface area contributed by atoms with Crippen molar-refractivity contribution in [2.75, 3.05) is 37.9 Å². The van der Waals surface area contributed by atoms with Gasteiger partial charge in [0.1, 0.15) is 11.4 Å².